The number of nitro benzene ring substituents is 2. The summed E-state index contributed by atoms with van der Waals surface area (Å²) in [6.45, 7) is 5.34. The van der Waals surface area contributed by atoms with Crippen LogP contribution in [0.3, 0.4) is 0 Å². The molecule has 3 aromatic rings. The quantitative estimate of drug-likeness (QED) is 0.214. The maximum Gasteiger partial charge on any atom is 0.329 e. The number of anilines is 1. The second-order valence-electron chi connectivity index (χ2n) is 7.70. The number of amides is 2. The third-order valence-electron chi connectivity index (χ3n) is 5.01. The third kappa shape index (κ3) is 6.26. The summed E-state index contributed by atoms with van der Waals surface area (Å²) in [6, 6.07) is 14.7. The number of hydrazone groups is 1. The van der Waals surface area contributed by atoms with Gasteiger partial charge in [0, 0.05) is 11.8 Å². The lowest BCUT2D eigenvalue weighted by molar-refractivity contribution is -0.394. The van der Waals surface area contributed by atoms with Gasteiger partial charge in [0.2, 0.25) is 5.75 Å². The largest absolute Gasteiger partial charge is 0.450 e. The molecule has 0 fully saturated rings. The maximum absolute atomic E-state index is 12.2. The van der Waals surface area contributed by atoms with Crippen LogP contribution in [-0.2, 0) is 9.59 Å². The fraction of sp³-hybridized carbons (Fsp3) is 0.125. The molecule has 0 spiro atoms. The second kappa shape index (κ2) is 10.9. The molecule has 12 nitrogen and oxygen atoms in total. The van der Waals surface area contributed by atoms with E-state index in [0.717, 1.165) is 29.3 Å². The molecule has 3 rings (SSSR count). The Hall–Kier alpha value is -5.13. The summed E-state index contributed by atoms with van der Waals surface area (Å²) in [6.07, 6.45) is 0. The fourth-order valence-electron chi connectivity index (χ4n) is 3.12. The van der Waals surface area contributed by atoms with Gasteiger partial charge in [-0.25, -0.2) is 5.43 Å². The zero-order valence-corrected chi connectivity index (χ0v) is 19.5. The number of carbonyl (C=O) groups is 2. The number of nitrogens with one attached hydrogen (secondary N) is 2. The molecule has 0 aliphatic heterocycles. The van der Waals surface area contributed by atoms with Gasteiger partial charge in [-0.1, -0.05) is 17.7 Å². The highest BCUT2D eigenvalue weighted by Crippen LogP contribution is 2.34. The van der Waals surface area contributed by atoms with E-state index in [1.807, 2.05) is 26.0 Å². The standard InChI is InChI=1S/C24H21N5O7/c1-14-4-10-20(15(2)12-14)25-23(30)24(31)27-26-16(3)17-5-8-19(9-6-17)36-22-11-7-18(28(32)33)13-21(22)29(34)35/h4-13H,1-3H3,(H,25,30)(H,27,31). The summed E-state index contributed by atoms with van der Waals surface area (Å²) >= 11 is 0. The van der Waals surface area contributed by atoms with Crippen LogP contribution in [0, 0.1) is 34.1 Å². The molecule has 0 aliphatic rings. The number of nitrogens with zero attached hydrogens (tertiary/aromatic N) is 3. The number of ether oxygens (including phenoxy) is 1. The van der Waals surface area contributed by atoms with E-state index in [0.29, 0.717) is 17.0 Å². The van der Waals surface area contributed by atoms with E-state index in [2.05, 4.69) is 15.8 Å². The van der Waals surface area contributed by atoms with Crippen molar-refractivity contribution in [2.75, 3.05) is 5.32 Å². The zero-order valence-electron chi connectivity index (χ0n) is 19.5. The predicted molar refractivity (Wildman–Crippen MR) is 131 cm³/mol. The van der Waals surface area contributed by atoms with Crippen molar-refractivity contribution in [2.24, 2.45) is 5.10 Å². The topological polar surface area (TPSA) is 166 Å². The Bertz CT molecular complexity index is 1380. The molecule has 0 atom stereocenters. The monoisotopic (exact) mass is 491 g/mol. The van der Waals surface area contributed by atoms with Crippen LogP contribution < -0.4 is 15.5 Å². The lowest BCUT2D eigenvalue weighted by atomic mass is 10.1. The summed E-state index contributed by atoms with van der Waals surface area (Å²) in [5.74, 6) is -1.74. The van der Waals surface area contributed by atoms with Crippen molar-refractivity contribution in [2.45, 2.75) is 20.8 Å². The van der Waals surface area contributed by atoms with Gasteiger partial charge >= 0.3 is 17.5 Å². The smallest absolute Gasteiger partial charge is 0.329 e. The molecule has 0 aromatic heterocycles. The Morgan fingerprint density at radius 3 is 2.19 bits per heavy atom. The first-order valence-corrected chi connectivity index (χ1v) is 10.5. The van der Waals surface area contributed by atoms with Crippen molar-refractivity contribution in [3.63, 3.8) is 0 Å². The van der Waals surface area contributed by atoms with Crippen LogP contribution in [0.2, 0.25) is 0 Å². The minimum Gasteiger partial charge on any atom is -0.450 e. The lowest BCUT2D eigenvalue weighted by Crippen LogP contribution is -2.33. The van der Waals surface area contributed by atoms with E-state index in [9.17, 15) is 29.8 Å². The van der Waals surface area contributed by atoms with E-state index in [1.54, 1.807) is 25.1 Å². The highest BCUT2D eigenvalue weighted by atomic mass is 16.6. The first-order valence-electron chi connectivity index (χ1n) is 10.5. The molecule has 0 saturated heterocycles. The Balaban J connectivity index is 1.65. The van der Waals surface area contributed by atoms with Crippen molar-refractivity contribution < 1.29 is 24.2 Å². The van der Waals surface area contributed by atoms with Gasteiger partial charge in [0.1, 0.15) is 5.75 Å². The number of non-ortho nitro benzene ring substituents is 1. The number of benzene rings is 3. The molecule has 2 N–H and O–H groups in total. The highest BCUT2D eigenvalue weighted by Gasteiger charge is 2.21. The van der Waals surface area contributed by atoms with Gasteiger partial charge < -0.3 is 10.1 Å². The Morgan fingerprint density at radius 1 is 0.889 bits per heavy atom. The molecular formula is C24H21N5O7. The molecule has 0 heterocycles. The zero-order chi connectivity index (χ0) is 26.4. The van der Waals surface area contributed by atoms with Crippen molar-refractivity contribution in [3.8, 4) is 11.5 Å². The van der Waals surface area contributed by atoms with Gasteiger partial charge in [0.05, 0.1) is 21.6 Å². The summed E-state index contributed by atoms with van der Waals surface area (Å²) < 4.78 is 5.52. The van der Waals surface area contributed by atoms with Crippen LogP contribution >= 0.6 is 0 Å². The van der Waals surface area contributed by atoms with Crippen LogP contribution in [0.5, 0.6) is 11.5 Å². The fourth-order valence-corrected chi connectivity index (χ4v) is 3.12. The van der Waals surface area contributed by atoms with Gasteiger partial charge in [-0.2, -0.15) is 5.10 Å². The number of nitro groups is 2. The molecule has 0 aliphatic carbocycles. The molecule has 36 heavy (non-hydrogen) atoms. The SMILES string of the molecule is CC(=NNC(=O)C(=O)Nc1ccc(C)cc1C)c1ccc(Oc2ccc([N+](=O)[O-])cc2[N+](=O)[O-])cc1. The minimum atomic E-state index is -0.945. The maximum atomic E-state index is 12.2. The number of hydrogen-bond donors (Lipinski definition) is 2. The van der Waals surface area contributed by atoms with Crippen LogP contribution in [-0.4, -0.2) is 27.4 Å². The molecular weight excluding hydrogens is 470 g/mol. The van der Waals surface area contributed by atoms with Crippen LogP contribution in [0.15, 0.2) is 65.8 Å². The van der Waals surface area contributed by atoms with E-state index in [1.165, 1.54) is 12.1 Å². The summed E-state index contributed by atoms with van der Waals surface area (Å²) in [5.41, 5.74) is 4.54. The van der Waals surface area contributed by atoms with Gasteiger partial charge in [-0.15, -0.1) is 0 Å². The molecule has 0 saturated carbocycles. The first-order chi connectivity index (χ1) is 17.0. The van der Waals surface area contributed by atoms with Crippen LogP contribution in [0.4, 0.5) is 17.1 Å². The molecule has 3 aromatic carbocycles. The van der Waals surface area contributed by atoms with Crippen molar-refractivity contribution in [1.29, 1.82) is 0 Å². The van der Waals surface area contributed by atoms with E-state index in [4.69, 9.17) is 4.74 Å². The third-order valence-corrected chi connectivity index (χ3v) is 5.01. The Kier molecular flexibility index (Phi) is 7.69. The first kappa shape index (κ1) is 25.5. The molecule has 0 unspecified atom stereocenters. The van der Waals surface area contributed by atoms with E-state index < -0.39 is 33.0 Å². The number of aryl methyl sites for hydroxylation is 2. The summed E-state index contributed by atoms with van der Waals surface area (Å²) in [4.78, 5) is 44.9. The molecule has 12 heteroatoms. The predicted octanol–water partition coefficient (Wildman–Crippen LogP) is 4.39. The van der Waals surface area contributed by atoms with Crippen LogP contribution in [0.25, 0.3) is 0 Å². The average molecular weight is 491 g/mol. The second-order valence-corrected chi connectivity index (χ2v) is 7.70. The molecule has 184 valence electrons. The lowest BCUT2D eigenvalue weighted by Gasteiger charge is -2.09. The summed E-state index contributed by atoms with van der Waals surface area (Å²) in [7, 11) is 0. The van der Waals surface area contributed by atoms with E-state index >= 15 is 0 Å². The van der Waals surface area contributed by atoms with Gasteiger partial charge in [0.25, 0.3) is 5.69 Å². The average Bonchev–Trinajstić information content (AvgIpc) is 2.84. The Morgan fingerprint density at radius 2 is 1.58 bits per heavy atom. The molecule has 2 amide bonds. The Labute approximate surface area is 204 Å². The minimum absolute atomic E-state index is 0.161. The molecule has 0 radical (unpaired) electrons. The van der Waals surface area contributed by atoms with Gasteiger partial charge in [0.15, 0.2) is 0 Å². The summed E-state index contributed by atoms with van der Waals surface area (Å²) in [5, 5.41) is 28.6. The van der Waals surface area contributed by atoms with Crippen molar-refractivity contribution in [1.82, 2.24) is 5.43 Å². The van der Waals surface area contributed by atoms with E-state index in [-0.39, 0.29) is 11.5 Å². The number of rotatable bonds is 7. The number of carbonyl (C=O) groups excluding carboxylic acids is 2. The highest BCUT2D eigenvalue weighted by molar-refractivity contribution is 6.39. The van der Waals surface area contributed by atoms with Gasteiger partial charge in [-0.3, -0.25) is 29.8 Å². The van der Waals surface area contributed by atoms with Crippen LogP contribution in [0.1, 0.15) is 23.6 Å². The van der Waals surface area contributed by atoms with Crippen molar-refractivity contribution in [3.05, 3.63) is 97.6 Å². The molecule has 0 bridgehead atoms. The van der Waals surface area contributed by atoms with Crippen molar-refractivity contribution >= 4 is 34.6 Å². The normalized spacial score (nSPS) is 10.9. The number of hydrogen-bond acceptors (Lipinski definition) is 8. The van der Waals surface area contributed by atoms with Gasteiger partial charge in [-0.05, 0) is 68.3 Å².